The molecule has 6 nitrogen and oxygen atoms in total. The second kappa shape index (κ2) is 7.14. The van der Waals surface area contributed by atoms with Gasteiger partial charge in [0.2, 0.25) is 0 Å². The Morgan fingerprint density at radius 3 is 2.91 bits per heavy atom. The molecule has 1 aromatic rings. The summed E-state index contributed by atoms with van der Waals surface area (Å²) >= 11 is 0. The molecule has 2 rings (SSSR count). The molecule has 0 saturated carbocycles. The Labute approximate surface area is 130 Å². The Morgan fingerprint density at radius 2 is 2.30 bits per heavy atom. The third-order valence-electron chi connectivity index (χ3n) is 3.41. The predicted octanol–water partition coefficient (Wildman–Crippen LogP) is 1.92. The van der Waals surface area contributed by atoms with E-state index in [1.165, 1.54) is 6.92 Å². The van der Waals surface area contributed by atoms with Crippen LogP contribution in [0.2, 0.25) is 0 Å². The van der Waals surface area contributed by atoms with E-state index in [1.807, 2.05) is 4.98 Å². The number of halogens is 3. The van der Waals surface area contributed by atoms with E-state index < -0.39 is 35.0 Å². The zero-order valence-corrected chi connectivity index (χ0v) is 12.4. The van der Waals surface area contributed by atoms with Crippen LogP contribution in [0.5, 0.6) is 0 Å². The summed E-state index contributed by atoms with van der Waals surface area (Å²) in [4.78, 5) is 25.4. The molecule has 1 aromatic heterocycles. The second-order valence-electron chi connectivity index (χ2n) is 5.23. The van der Waals surface area contributed by atoms with Crippen LogP contribution in [0.4, 0.5) is 18.9 Å². The van der Waals surface area contributed by atoms with E-state index in [0.717, 1.165) is 12.8 Å². The lowest BCUT2D eigenvalue weighted by molar-refractivity contribution is -0.138. The molecule has 1 aliphatic heterocycles. The number of ether oxygens (including phenoxy) is 2. The van der Waals surface area contributed by atoms with Gasteiger partial charge in [-0.15, -0.1) is 0 Å². The fourth-order valence-electron chi connectivity index (χ4n) is 2.08. The molecule has 0 radical (unpaired) electrons. The molecule has 0 unspecified atom stereocenters. The minimum atomic E-state index is -4.62. The number of hydrogen-bond donors (Lipinski definition) is 2. The summed E-state index contributed by atoms with van der Waals surface area (Å²) < 4.78 is 48.5. The maximum atomic E-state index is 12.6. The summed E-state index contributed by atoms with van der Waals surface area (Å²) in [5.41, 5.74) is -2.35. The molecule has 1 fully saturated rings. The monoisotopic (exact) mass is 334 g/mol. The summed E-state index contributed by atoms with van der Waals surface area (Å²) in [5, 5.41) is 2.15. The normalized spacial score (nSPS) is 19.6. The van der Waals surface area contributed by atoms with Crippen LogP contribution in [-0.4, -0.2) is 36.3 Å². The van der Waals surface area contributed by atoms with E-state index in [1.54, 1.807) is 0 Å². The summed E-state index contributed by atoms with van der Waals surface area (Å²) in [6, 6.07) is 0.587. The van der Waals surface area contributed by atoms with Gasteiger partial charge in [-0.25, -0.2) is 0 Å². The molecule has 1 saturated heterocycles. The molecule has 9 heteroatoms. The van der Waals surface area contributed by atoms with E-state index in [9.17, 15) is 22.8 Å². The molecule has 0 aliphatic carbocycles. The number of aromatic amines is 1. The van der Waals surface area contributed by atoms with Gasteiger partial charge < -0.3 is 19.8 Å². The van der Waals surface area contributed by atoms with Crippen molar-refractivity contribution in [1.29, 1.82) is 0 Å². The first-order valence-corrected chi connectivity index (χ1v) is 7.11. The Morgan fingerprint density at radius 1 is 1.57 bits per heavy atom. The average molecular weight is 334 g/mol. The predicted molar refractivity (Wildman–Crippen MR) is 75.1 cm³/mol. The van der Waals surface area contributed by atoms with Crippen molar-refractivity contribution in [3.05, 3.63) is 28.2 Å². The lowest BCUT2D eigenvalue weighted by atomic mass is 10.2. The van der Waals surface area contributed by atoms with Crippen LogP contribution >= 0.6 is 0 Å². The lowest BCUT2D eigenvalue weighted by Crippen LogP contribution is -2.32. The molecule has 1 amide bonds. The Bertz CT molecular complexity index is 609. The van der Waals surface area contributed by atoms with Gasteiger partial charge >= 0.3 is 6.18 Å². The van der Waals surface area contributed by atoms with Gasteiger partial charge in [-0.3, -0.25) is 9.59 Å². The number of carbonyl (C=O) groups excluding carboxylic acids is 1. The summed E-state index contributed by atoms with van der Waals surface area (Å²) in [5.74, 6) is -0.701. The van der Waals surface area contributed by atoms with Crippen molar-refractivity contribution in [3.8, 4) is 0 Å². The van der Waals surface area contributed by atoms with Crippen LogP contribution in [0.15, 0.2) is 17.1 Å². The number of H-pyrrole nitrogens is 1. The molecule has 2 atom stereocenters. The van der Waals surface area contributed by atoms with Crippen LogP contribution in [0, 0.1) is 0 Å². The number of nitrogens with one attached hydrogen (secondary N) is 2. The standard InChI is InChI=1S/C14H17F3N2O4/c1-8(23-7-10-3-2-4-22-10)12(20)19-11-5-9(14(15,16)17)6-18-13(11)21/h5-6,8,10H,2-4,7H2,1H3,(H,18,21)(H,19,20)/t8-,10+/m0/s1. The minimum Gasteiger partial charge on any atom is -0.376 e. The van der Waals surface area contributed by atoms with Crippen molar-refractivity contribution >= 4 is 11.6 Å². The Balaban J connectivity index is 1.97. The SMILES string of the molecule is C[C@H](OC[C@H]1CCCO1)C(=O)Nc1cc(C(F)(F)F)c[nH]c1=O. The first-order valence-electron chi connectivity index (χ1n) is 7.11. The number of carbonyl (C=O) groups is 1. The highest BCUT2D eigenvalue weighted by Crippen LogP contribution is 2.29. The van der Waals surface area contributed by atoms with Gasteiger partial charge in [0.25, 0.3) is 11.5 Å². The largest absolute Gasteiger partial charge is 0.417 e. The van der Waals surface area contributed by atoms with Crippen molar-refractivity contribution in [1.82, 2.24) is 4.98 Å². The lowest BCUT2D eigenvalue weighted by Gasteiger charge is -2.16. The number of anilines is 1. The second-order valence-corrected chi connectivity index (χ2v) is 5.23. The first kappa shape index (κ1) is 17.5. The number of pyridine rings is 1. The molecule has 1 aliphatic rings. The molecule has 2 N–H and O–H groups in total. The third-order valence-corrected chi connectivity index (χ3v) is 3.41. The fourth-order valence-corrected chi connectivity index (χ4v) is 2.08. The topological polar surface area (TPSA) is 80.4 Å². The average Bonchev–Trinajstić information content (AvgIpc) is 2.99. The van der Waals surface area contributed by atoms with E-state index in [-0.39, 0.29) is 12.7 Å². The van der Waals surface area contributed by atoms with E-state index >= 15 is 0 Å². The van der Waals surface area contributed by atoms with Crippen LogP contribution in [0.1, 0.15) is 25.3 Å². The summed E-state index contributed by atoms with van der Waals surface area (Å²) in [6.45, 7) is 2.31. The molecule has 2 heterocycles. The first-order chi connectivity index (χ1) is 10.8. The minimum absolute atomic E-state index is 0.0813. The van der Waals surface area contributed by atoms with Crippen LogP contribution in [0.25, 0.3) is 0 Å². The molecule has 0 bridgehead atoms. The van der Waals surface area contributed by atoms with Crippen molar-refractivity contribution < 1.29 is 27.4 Å². The summed E-state index contributed by atoms with van der Waals surface area (Å²) in [6.07, 6.45) is -3.31. The summed E-state index contributed by atoms with van der Waals surface area (Å²) in [7, 11) is 0. The zero-order chi connectivity index (χ0) is 17.0. The van der Waals surface area contributed by atoms with E-state index in [2.05, 4.69) is 5.32 Å². The van der Waals surface area contributed by atoms with Gasteiger partial charge in [-0.1, -0.05) is 0 Å². The van der Waals surface area contributed by atoms with Gasteiger partial charge in [0, 0.05) is 12.8 Å². The van der Waals surface area contributed by atoms with Crippen LogP contribution in [-0.2, 0) is 20.4 Å². The van der Waals surface area contributed by atoms with Gasteiger partial charge in [0.05, 0.1) is 18.3 Å². The van der Waals surface area contributed by atoms with Gasteiger partial charge in [0.1, 0.15) is 11.8 Å². The Kier molecular flexibility index (Phi) is 5.42. The number of hydrogen-bond acceptors (Lipinski definition) is 4. The Hall–Kier alpha value is -1.87. The number of alkyl halides is 3. The van der Waals surface area contributed by atoms with Crippen molar-refractivity contribution in [3.63, 3.8) is 0 Å². The fraction of sp³-hybridized carbons (Fsp3) is 0.571. The highest BCUT2D eigenvalue weighted by Gasteiger charge is 2.31. The van der Waals surface area contributed by atoms with Gasteiger partial charge in [-0.2, -0.15) is 13.2 Å². The molecule has 0 spiro atoms. The smallest absolute Gasteiger partial charge is 0.376 e. The zero-order valence-electron chi connectivity index (χ0n) is 12.4. The van der Waals surface area contributed by atoms with Crippen LogP contribution in [0.3, 0.4) is 0 Å². The number of aromatic nitrogens is 1. The van der Waals surface area contributed by atoms with Crippen LogP contribution < -0.4 is 10.9 Å². The molecular weight excluding hydrogens is 317 g/mol. The van der Waals surface area contributed by atoms with E-state index in [0.29, 0.717) is 18.9 Å². The molecular formula is C14H17F3N2O4. The maximum Gasteiger partial charge on any atom is 0.417 e. The molecule has 128 valence electrons. The van der Waals surface area contributed by atoms with Gasteiger partial charge in [0.15, 0.2) is 0 Å². The molecule has 0 aromatic carbocycles. The maximum absolute atomic E-state index is 12.6. The van der Waals surface area contributed by atoms with Gasteiger partial charge in [-0.05, 0) is 25.8 Å². The third kappa shape index (κ3) is 4.80. The molecule has 23 heavy (non-hydrogen) atoms. The number of amides is 1. The van der Waals surface area contributed by atoms with Crippen molar-refractivity contribution in [2.45, 2.75) is 38.1 Å². The van der Waals surface area contributed by atoms with Crippen molar-refractivity contribution in [2.24, 2.45) is 0 Å². The number of rotatable bonds is 5. The highest BCUT2D eigenvalue weighted by atomic mass is 19.4. The van der Waals surface area contributed by atoms with E-state index in [4.69, 9.17) is 9.47 Å². The highest BCUT2D eigenvalue weighted by molar-refractivity contribution is 5.93. The van der Waals surface area contributed by atoms with Crippen molar-refractivity contribution in [2.75, 3.05) is 18.5 Å². The quantitative estimate of drug-likeness (QED) is 0.862.